The van der Waals surface area contributed by atoms with Crippen LogP contribution in [-0.4, -0.2) is 32.6 Å². The van der Waals surface area contributed by atoms with E-state index in [1.807, 2.05) is 0 Å². The highest BCUT2D eigenvalue weighted by Crippen LogP contribution is 2.20. The van der Waals surface area contributed by atoms with Crippen LogP contribution in [0.25, 0.3) is 0 Å². The van der Waals surface area contributed by atoms with Crippen LogP contribution < -0.4 is 10.6 Å². The first-order valence-corrected chi connectivity index (χ1v) is 7.14. The highest BCUT2D eigenvalue weighted by atomic mass is 16.2. The van der Waals surface area contributed by atoms with E-state index < -0.39 is 0 Å². The molecule has 1 aliphatic rings. The summed E-state index contributed by atoms with van der Waals surface area (Å²) in [4.78, 5) is 27.7. The Hall–Kier alpha value is -3.21. The van der Waals surface area contributed by atoms with Crippen molar-refractivity contribution in [1.82, 2.24) is 20.1 Å². The van der Waals surface area contributed by atoms with Crippen molar-refractivity contribution >= 4 is 17.5 Å². The first-order valence-electron chi connectivity index (χ1n) is 7.14. The number of amides is 2. The van der Waals surface area contributed by atoms with Crippen LogP contribution in [0.4, 0.5) is 5.69 Å². The minimum Gasteiger partial charge on any atom is -0.349 e. The van der Waals surface area contributed by atoms with Gasteiger partial charge >= 0.3 is 0 Å². The molecular weight excluding hydrogens is 296 g/mol. The number of carbonyl (C=O) groups is 2. The molecule has 0 unspecified atom stereocenters. The highest BCUT2D eigenvalue weighted by molar-refractivity contribution is 5.97. The normalized spacial score (nSPS) is 13.2. The molecule has 8 nitrogen and oxygen atoms in total. The van der Waals surface area contributed by atoms with Crippen LogP contribution >= 0.6 is 0 Å². The molecule has 1 fully saturated rings. The van der Waals surface area contributed by atoms with E-state index in [0.717, 1.165) is 12.8 Å². The van der Waals surface area contributed by atoms with Crippen LogP contribution in [0, 0.1) is 11.3 Å². The van der Waals surface area contributed by atoms with Crippen LogP contribution in [0.5, 0.6) is 0 Å². The monoisotopic (exact) mass is 310 g/mol. The second kappa shape index (κ2) is 6.27. The summed E-state index contributed by atoms with van der Waals surface area (Å²) in [6, 6.07) is 8.80. The number of carbonyl (C=O) groups excluding carboxylic acids is 2. The molecule has 2 aromatic rings. The second-order valence-electron chi connectivity index (χ2n) is 5.25. The summed E-state index contributed by atoms with van der Waals surface area (Å²) in [7, 11) is 0. The van der Waals surface area contributed by atoms with E-state index in [4.69, 9.17) is 5.26 Å². The van der Waals surface area contributed by atoms with Crippen molar-refractivity contribution in [3.63, 3.8) is 0 Å². The van der Waals surface area contributed by atoms with Crippen molar-refractivity contribution < 1.29 is 9.59 Å². The molecule has 1 saturated carbocycles. The van der Waals surface area contributed by atoms with E-state index >= 15 is 0 Å². The van der Waals surface area contributed by atoms with Crippen molar-refractivity contribution in [3.8, 4) is 6.07 Å². The Balaban J connectivity index is 1.61. The Morgan fingerprint density at radius 2 is 2.22 bits per heavy atom. The van der Waals surface area contributed by atoms with Crippen LogP contribution in [0.15, 0.2) is 30.6 Å². The molecule has 1 aliphatic carbocycles. The maximum Gasteiger partial charge on any atom is 0.252 e. The van der Waals surface area contributed by atoms with Crippen LogP contribution in [0.3, 0.4) is 0 Å². The minimum absolute atomic E-state index is 0.0107. The summed E-state index contributed by atoms with van der Waals surface area (Å²) in [6.07, 6.45) is 3.35. The van der Waals surface area contributed by atoms with Gasteiger partial charge in [0.15, 0.2) is 0 Å². The molecule has 2 amide bonds. The zero-order chi connectivity index (χ0) is 16.2. The number of aromatic nitrogens is 3. The average Bonchev–Trinajstić information content (AvgIpc) is 3.24. The maximum absolute atomic E-state index is 12.0. The predicted molar refractivity (Wildman–Crippen MR) is 80.3 cm³/mol. The molecule has 1 heterocycles. The Kier molecular flexibility index (Phi) is 4.01. The lowest BCUT2D eigenvalue weighted by molar-refractivity contribution is -0.116. The molecule has 0 aliphatic heterocycles. The van der Waals surface area contributed by atoms with Crippen LogP contribution in [-0.2, 0) is 11.3 Å². The fraction of sp³-hybridized carbons (Fsp3) is 0.267. The lowest BCUT2D eigenvalue weighted by atomic mass is 10.2. The number of benzene rings is 1. The number of nitrogens with one attached hydrogen (secondary N) is 2. The summed E-state index contributed by atoms with van der Waals surface area (Å²) in [5, 5.41) is 18.0. The minimum atomic E-state index is -0.320. The zero-order valence-electron chi connectivity index (χ0n) is 12.2. The molecule has 0 saturated heterocycles. The summed E-state index contributed by atoms with van der Waals surface area (Å²) in [5.41, 5.74) is 1.03. The third-order valence-corrected chi connectivity index (χ3v) is 3.26. The second-order valence-corrected chi connectivity index (χ2v) is 5.25. The Bertz CT molecular complexity index is 787. The average molecular weight is 310 g/mol. The van der Waals surface area contributed by atoms with E-state index in [-0.39, 0.29) is 30.2 Å². The van der Waals surface area contributed by atoms with Gasteiger partial charge in [-0.05, 0) is 31.0 Å². The molecule has 0 spiro atoms. The summed E-state index contributed by atoms with van der Waals surface area (Å²) < 4.78 is 1.28. The summed E-state index contributed by atoms with van der Waals surface area (Å²) in [6.45, 7) is -0.0623. The lowest BCUT2D eigenvalue weighted by Crippen LogP contribution is -2.25. The van der Waals surface area contributed by atoms with E-state index in [2.05, 4.69) is 20.7 Å². The van der Waals surface area contributed by atoms with E-state index in [0.29, 0.717) is 11.3 Å². The van der Waals surface area contributed by atoms with Gasteiger partial charge in [-0.1, -0.05) is 6.07 Å². The Morgan fingerprint density at radius 3 is 2.91 bits per heavy atom. The van der Waals surface area contributed by atoms with Gasteiger partial charge in [0.2, 0.25) is 5.91 Å². The van der Waals surface area contributed by atoms with Crippen molar-refractivity contribution in [2.24, 2.45) is 0 Å². The Morgan fingerprint density at radius 1 is 1.39 bits per heavy atom. The molecule has 8 heteroatoms. The van der Waals surface area contributed by atoms with E-state index in [1.165, 1.54) is 11.0 Å². The molecule has 0 bridgehead atoms. The molecule has 0 radical (unpaired) electrons. The molecule has 1 aromatic carbocycles. The third-order valence-electron chi connectivity index (χ3n) is 3.26. The van der Waals surface area contributed by atoms with Crippen LogP contribution in [0.1, 0.15) is 29.0 Å². The molecular formula is C15H14N6O2. The maximum atomic E-state index is 12.0. The third kappa shape index (κ3) is 3.91. The molecule has 1 aromatic heterocycles. The van der Waals surface area contributed by atoms with Gasteiger partial charge < -0.3 is 10.6 Å². The number of hydrogen-bond acceptors (Lipinski definition) is 5. The molecule has 0 atom stereocenters. The number of nitriles is 1. The van der Waals surface area contributed by atoms with Crippen molar-refractivity contribution in [2.45, 2.75) is 25.4 Å². The van der Waals surface area contributed by atoms with Gasteiger partial charge in [-0.2, -0.15) is 5.26 Å². The van der Waals surface area contributed by atoms with Gasteiger partial charge in [0.05, 0.1) is 0 Å². The van der Waals surface area contributed by atoms with Crippen LogP contribution in [0.2, 0.25) is 0 Å². The van der Waals surface area contributed by atoms with E-state index in [1.54, 1.807) is 30.3 Å². The SMILES string of the molecule is N#Cc1ncn(CC(=O)Nc2cccc(C(=O)NC3CC3)c2)n1. The van der Waals surface area contributed by atoms with Gasteiger partial charge in [-0.25, -0.2) is 9.67 Å². The van der Waals surface area contributed by atoms with Gasteiger partial charge in [0.1, 0.15) is 18.9 Å². The fourth-order valence-corrected chi connectivity index (χ4v) is 2.00. The molecule has 2 N–H and O–H groups in total. The van der Waals surface area contributed by atoms with Gasteiger partial charge in [0, 0.05) is 17.3 Å². The topological polar surface area (TPSA) is 113 Å². The van der Waals surface area contributed by atoms with Gasteiger partial charge in [0.25, 0.3) is 11.7 Å². The van der Waals surface area contributed by atoms with Crippen molar-refractivity contribution in [2.75, 3.05) is 5.32 Å². The van der Waals surface area contributed by atoms with Crippen molar-refractivity contribution in [3.05, 3.63) is 42.0 Å². The smallest absolute Gasteiger partial charge is 0.252 e. The molecule has 116 valence electrons. The standard InChI is InChI=1S/C15H14N6O2/c16-7-13-17-9-21(20-13)8-14(22)18-12-3-1-2-10(6-12)15(23)19-11-4-5-11/h1-3,6,9,11H,4-5,8H2,(H,18,22)(H,19,23). The zero-order valence-corrected chi connectivity index (χ0v) is 12.2. The lowest BCUT2D eigenvalue weighted by Gasteiger charge is -2.08. The Labute approximate surface area is 132 Å². The number of hydrogen-bond donors (Lipinski definition) is 2. The van der Waals surface area contributed by atoms with E-state index in [9.17, 15) is 9.59 Å². The summed E-state index contributed by atoms with van der Waals surface area (Å²) in [5.74, 6) is -0.450. The quantitative estimate of drug-likeness (QED) is 0.843. The molecule has 3 rings (SSSR count). The van der Waals surface area contributed by atoms with Gasteiger partial charge in [-0.3, -0.25) is 9.59 Å². The largest absolute Gasteiger partial charge is 0.349 e. The predicted octanol–water partition coefficient (Wildman–Crippen LogP) is 0.681. The first kappa shape index (κ1) is 14.7. The fourth-order valence-electron chi connectivity index (χ4n) is 2.00. The van der Waals surface area contributed by atoms with Crippen molar-refractivity contribution in [1.29, 1.82) is 5.26 Å². The number of anilines is 1. The summed E-state index contributed by atoms with van der Waals surface area (Å²) >= 11 is 0. The number of rotatable bonds is 5. The first-order chi connectivity index (χ1) is 11.1. The molecule has 23 heavy (non-hydrogen) atoms. The highest BCUT2D eigenvalue weighted by Gasteiger charge is 2.23. The number of nitrogens with zero attached hydrogens (tertiary/aromatic N) is 4. The van der Waals surface area contributed by atoms with Gasteiger partial charge in [-0.15, -0.1) is 5.10 Å².